The Morgan fingerprint density at radius 1 is 1.00 bits per heavy atom. The number of amides is 1. The SMILES string of the molecule is CCOC(=O)c1ccc(NC(=O)c2cccc(N(C)C)c2)c(OCC)c1. The molecule has 2 aromatic carbocycles. The number of benzene rings is 2. The molecule has 6 nitrogen and oxygen atoms in total. The van der Waals surface area contributed by atoms with E-state index in [1.54, 1.807) is 31.2 Å². The summed E-state index contributed by atoms with van der Waals surface area (Å²) in [7, 11) is 3.83. The molecule has 1 amide bonds. The van der Waals surface area contributed by atoms with Crippen LogP contribution in [0.2, 0.25) is 0 Å². The van der Waals surface area contributed by atoms with Gasteiger partial charge in [0, 0.05) is 25.3 Å². The van der Waals surface area contributed by atoms with Crippen molar-refractivity contribution in [3.05, 3.63) is 53.6 Å². The molecule has 0 saturated carbocycles. The van der Waals surface area contributed by atoms with Crippen molar-refractivity contribution in [2.45, 2.75) is 13.8 Å². The second kappa shape index (κ2) is 8.89. The van der Waals surface area contributed by atoms with E-state index in [2.05, 4.69) is 5.32 Å². The average Bonchev–Trinajstić information content (AvgIpc) is 2.63. The summed E-state index contributed by atoms with van der Waals surface area (Å²) in [5.74, 6) is -0.251. The Morgan fingerprint density at radius 3 is 2.42 bits per heavy atom. The van der Waals surface area contributed by atoms with Gasteiger partial charge in [-0.15, -0.1) is 0 Å². The second-order valence-electron chi connectivity index (χ2n) is 5.76. The molecule has 2 aromatic rings. The van der Waals surface area contributed by atoms with E-state index in [1.165, 1.54) is 0 Å². The summed E-state index contributed by atoms with van der Waals surface area (Å²) in [5.41, 5.74) is 2.34. The Morgan fingerprint density at radius 2 is 1.77 bits per heavy atom. The average molecular weight is 356 g/mol. The van der Waals surface area contributed by atoms with E-state index in [-0.39, 0.29) is 5.91 Å². The molecule has 0 aliphatic carbocycles. The number of nitrogens with zero attached hydrogens (tertiary/aromatic N) is 1. The number of anilines is 2. The maximum atomic E-state index is 12.6. The van der Waals surface area contributed by atoms with Crippen molar-refractivity contribution in [2.75, 3.05) is 37.5 Å². The molecule has 1 N–H and O–H groups in total. The highest BCUT2D eigenvalue weighted by Crippen LogP contribution is 2.27. The third-order valence-electron chi connectivity index (χ3n) is 3.67. The molecule has 0 bridgehead atoms. The van der Waals surface area contributed by atoms with Crippen LogP contribution in [-0.4, -0.2) is 39.2 Å². The number of carbonyl (C=O) groups excluding carboxylic acids is 2. The standard InChI is InChI=1S/C20H24N2O4/c1-5-25-18-13-15(20(24)26-6-2)10-11-17(18)21-19(23)14-8-7-9-16(12-14)22(3)4/h7-13H,5-6H2,1-4H3,(H,21,23). The van der Waals surface area contributed by atoms with Gasteiger partial charge in [-0.3, -0.25) is 4.79 Å². The van der Waals surface area contributed by atoms with Gasteiger partial charge in [0.1, 0.15) is 5.75 Å². The van der Waals surface area contributed by atoms with Gasteiger partial charge in [-0.2, -0.15) is 0 Å². The second-order valence-corrected chi connectivity index (χ2v) is 5.76. The fourth-order valence-electron chi connectivity index (χ4n) is 2.36. The molecule has 2 rings (SSSR count). The minimum Gasteiger partial charge on any atom is -0.492 e. The third kappa shape index (κ3) is 4.75. The zero-order valence-electron chi connectivity index (χ0n) is 15.5. The van der Waals surface area contributed by atoms with Gasteiger partial charge in [0.25, 0.3) is 5.91 Å². The highest BCUT2D eigenvalue weighted by atomic mass is 16.5. The van der Waals surface area contributed by atoms with Crippen LogP contribution in [0.4, 0.5) is 11.4 Å². The van der Waals surface area contributed by atoms with E-state index < -0.39 is 5.97 Å². The van der Waals surface area contributed by atoms with Gasteiger partial charge in [0.15, 0.2) is 0 Å². The third-order valence-corrected chi connectivity index (χ3v) is 3.67. The lowest BCUT2D eigenvalue weighted by molar-refractivity contribution is 0.0526. The molecule has 0 aromatic heterocycles. The summed E-state index contributed by atoms with van der Waals surface area (Å²) < 4.78 is 10.6. The Balaban J connectivity index is 2.26. The molecule has 6 heteroatoms. The topological polar surface area (TPSA) is 67.9 Å². The van der Waals surface area contributed by atoms with Crippen LogP contribution in [0.1, 0.15) is 34.6 Å². The monoisotopic (exact) mass is 356 g/mol. The maximum Gasteiger partial charge on any atom is 0.338 e. The minimum atomic E-state index is -0.426. The molecule has 0 fully saturated rings. The van der Waals surface area contributed by atoms with Crippen LogP contribution < -0.4 is 15.0 Å². The first kappa shape index (κ1) is 19.3. The molecular weight excluding hydrogens is 332 g/mol. The fraction of sp³-hybridized carbons (Fsp3) is 0.300. The fourth-order valence-corrected chi connectivity index (χ4v) is 2.36. The molecule has 0 aliphatic heterocycles. The van der Waals surface area contributed by atoms with Crippen LogP contribution in [0.25, 0.3) is 0 Å². The lowest BCUT2D eigenvalue weighted by Crippen LogP contribution is -2.15. The van der Waals surface area contributed by atoms with Crippen LogP contribution in [0.15, 0.2) is 42.5 Å². The van der Waals surface area contributed by atoms with Gasteiger partial charge >= 0.3 is 5.97 Å². The normalized spacial score (nSPS) is 10.2. The molecule has 0 unspecified atom stereocenters. The summed E-state index contributed by atoms with van der Waals surface area (Å²) in [6, 6.07) is 12.1. The Hall–Kier alpha value is -3.02. The lowest BCUT2D eigenvalue weighted by Gasteiger charge is -2.15. The van der Waals surface area contributed by atoms with Gasteiger partial charge < -0.3 is 19.7 Å². The van der Waals surface area contributed by atoms with Crippen LogP contribution in [0.5, 0.6) is 5.75 Å². The van der Waals surface area contributed by atoms with E-state index in [0.29, 0.717) is 35.8 Å². The van der Waals surface area contributed by atoms with E-state index >= 15 is 0 Å². The molecule has 138 valence electrons. The first-order chi connectivity index (χ1) is 12.5. The van der Waals surface area contributed by atoms with E-state index in [0.717, 1.165) is 5.69 Å². The summed E-state index contributed by atoms with van der Waals surface area (Å²) >= 11 is 0. The summed E-state index contributed by atoms with van der Waals surface area (Å²) in [5, 5.41) is 2.84. The molecule has 0 saturated heterocycles. The minimum absolute atomic E-state index is 0.251. The maximum absolute atomic E-state index is 12.6. The predicted octanol–water partition coefficient (Wildman–Crippen LogP) is 3.58. The van der Waals surface area contributed by atoms with Crippen molar-refractivity contribution in [3.8, 4) is 5.75 Å². The molecule has 0 heterocycles. The quantitative estimate of drug-likeness (QED) is 0.768. The predicted molar refractivity (Wildman–Crippen MR) is 102 cm³/mol. The highest BCUT2D eigenvalue weighted by molar-refractivity contribution is 6.06. The highest BCUT2D eigenvalue weighted by Gasteiger charge is 2.14. The zero-order chi connectivity index (χ0) is 19.1. The summed E-state index contributed by atoms with van der Waals surface area (Å²) in [4.78, 5) is 26.4. The molecule has 26 heavy (non-hydrogen) atoms. The molecule has 0 atom stereocenters. The van der Waals surface area contributed by atoms with Crippen LogP contribution in [0, 0.1) is 0 Å². The molecule has 0 aliphatic rings. The number of ether oxygens (including phenoxy) is 2. The first-order valence-corrected chi connectivity index (χ1v) is 8.49. The Bertz CT molecular complexity index is 787. The van der Waals surface area contributed by atoms with E-state index in [4.69, 9.17) is 9.47 Å². The largest absolute Gasteiger partial charge is 0.492 e. The molecular formula is C20H24N2O4. The van der Waals surface area contributed by atoms with Crippen LogP contribution >= 0.6 is 0 Å². The van der Waals surface area contributed by atoms with Gasteiger partial charge in [-0.25, -0.2) is 4.79 Å². The summed E-state index contributed by atoms with van der Waals surface area (Å²) in [6.45, 7) is 4.29. The van der Waals surface area contributed by atoms with Crippen molar-refractivity contribution in [3.63, 3.8) is 0 Å². The van der Waals surface area contributed by atoms with Gasteiger partial charge in [0.2, 0.25) is 0 Å². The Kier molecular flexibility index (Phi) is 6.60. The number of rotatable bonds is 7. The van der Waals surface area contributed by atoms with Crippen molar-refractivity contribution in [1.82, 2.24) is 0 Å². The van der Waals surface area contributed by atoms with Crippen molar-refractivity contribution in [2.24, 2.45) is 0 Å². The van der Waals surface area contributed by atoms with Crippen LogP contribution in [0.3, 0.4) is 0 Å². The lowest BCUT2D eigenvalue weighted by atomic mass is 10.1. The zero-order valence-corrected chi connectivity index (χ0v) is 15.5. The molecule has 0 radical (unpaired) electrons. The van der Waals surface area contributed by atoms with E-state index in [1.807, 2.05) is 44.1 Å². The number of carbonyl (C=O) groups is 2. The van der Waals surface area contributed by atoms with Crippen molar-refractivity contribution >= 4 is 23.3 Å². The van der Waals surface area contributed by atoms with Gasteiger partial charge in [0.05, 0.1) is 24.5 Å². The Labute approximate surface area is 153 Å². The van der Waals surface area contributed by atoms with Crippen molar-refractivity contribution < 1.29 is 19.1 Å². The van der Waals surface area contributed by atoms with Gasteiger partial charge in [-0.05, 0) is 50.2 Å². The van der Waals surface area contributed by atoms with E-state index in [9.17, 15) is 9.59 Å². The number of esters is 1. The number of hydrogen-bond acceptors (Lipinski definition) is 5. The summed E-state index contributed by atoms with van der Waals surface area (Å²) in [6.07, 6.45) is 0. The van der Waals surface area contributed by atoms with Gasteiger partial charge in [-0.1, -0.05) is 6.07 Å². The van der Waals surface area contributed by atoms with Crippen LogP contribution in [-0.2, 0) is 4.74 Å². The van der Waals surface area contributed by atoms with Crippen molar-refractivity contribution in [1.29, 1.82) is 0 Å². The smallest absolute Gasteiger partial charge is 0.338 e. The molecule has 0 spiro atoms. The number of hydrogen-bond donors (Lipinski definition) is 1. The first-order valence-electron chi connectivity index (χ1n) is 8.49. The number of nitrogens with one attached hydrogen (secondary N) is 1.